The number of rotatable bonds is 3. The van der Waals surface area contributed by atoms with Crippen molar-refractivity contribution in [1.82, 2.24) is 14.5 Å². The lowest BCUT2D eigenvalue weighted by Crippen LogP contribution is -2.36. The molecule has 2 aromatic heterocycles. The summed E-state index contributed by atoms with van der Waals surface area (Å²) in [5, 5.41) is 3.01. The highest BCUT2D eigenvalue weighted by Gasteiger charge is 2.33. The van der Waals surface area contributed by atoms with Gasteiger partial charge in [-0.05, 0) is 25.7 Å². The number of piperidine rings is 1. The molecule has 130 valence electrons. The van der Waals surface area contributed by atoms with E-state index in [-0.39, 0.29) is 5.92 Å². The number of hydrogen-bond donors (Lipinski definition) is 0. The molecule has 0 aromatic carbocycles. The van der Waals surface area contributed by atoms with E-state index in [1.807, 2.05) is 12.3 Å². The maximum atomic E-state index is 12.5. The molecule has 0 amide bonds. The Labute approximate surface area is 140 Å². The topological polar surface area (TPSA) is 51.0 Å². The van der Waals surface area contributed by atoms with Gasteiger partial charge < -0.3 is 4.90 Å². The Morgan fingerprint density at radius 3 is 2.58 bits per heavy atom. The van der Waals surface area contributed by atoms with Crippen LogP contribution in [-0.4, -0.2) is 27.6 Å². The van der Waals surface area contributed by atoms with Crippen LogP contribution in [0.15, 0.2) is 22.6 Å². The van der Waals surface area contributed by atoms with E-state index in [1.54, 1.807) is 11.3 Å². The molecule has 1 saturated heterocycles. The number of alkyl halides is 3. The van der Waals surface area contributed by atoms with Gasteiger partial charge in [-0.3, -0.25) is 9.36 Å². The third-order valence-electron chi connectivity index (χ3n) is 4.12. The average Bonchev–Trinajstić information content (AvgIpc) is 2.95. The van der Waals surface area contributed by atoms with Crippen LogP contribution in [0.4, 0.5) is 18.3 Å². The predicted molar refractivity (Wildman–Crippen MR) is 85.3 cm³/mol. The van der Waals surface area contributed by atoms with Crippen molar-refractivity contribution in [3.8, 4) is 0 Å². The Morgan fingerprint density at radius 2 is 2.04 bits per heavy atom. The van der Waals surface area contributed by atoms with E-state index in [1.165, 1.54) is 4.57 Å². The molecule has 0 saturated carbocycles. The van der Waals surface area contributed by atoms with Gasteiger partial charge in [-0.1, -0.05) is 0 Å². The number of hydrogen-bond acceptors (Lipinski definition) is 5. The maximum Gasteiger partial charge on any atom is 0.433 e. The molecule has 2 aromatic rings. The normalized spacial score (nSPS) is 16.6. The van der Waals surface area contributed by atoms with Crippen LogP contribution in [0.3, 0.4) is 0 Å². The van der Waals surface area contributed by atoms with Crippen LogP contribution in [0.1, 0.15) is 24.2 Å². The Balaban J connectivity index is 1.61. The van der Waals surface area contributed by atoms with Crippen LogP contribution >= 0.6 is 11.3 Å². The standard InChI is InChI=1S/C15H17F3N4OS/c1-10-8-24-14(20-10)21-4-2-11(3-5-21)7-22-9-19-12(6-13(22)23)15(16,17)18/h6,8-9,11H,2-5,7H2,1H3. The molecule has 1 fully saturated rings. The smallest absolute Gasteiger partial charge is 0.348 e. The summed E-state index contributed by atoms with van der Waals surface area (Å²) in [7, 11) is 0. The lowest BCUT2D eigenvalue weighted by Gasteiger charge is -2.31. The van der Waals surface area contributed by atoms with Crippen molar-refractivity contribution in [2.24, 2.45) is 5.92 Å². The minimum atomic E-state index is -4.59. The largest absolute Gasteiger partial charge is 0.433 e. The molecule has 9 heteroatoms. The first-order valence-electron chi connectivity index (χ1n) is 7.63. The molecule has 3 heterocycles. The summed E-state index contributed by atoms with van der Waals surface area (Å²) in [5.74, 6) is 0.249. The Kier molecular flexibility index (Phi) is 4.62. The minimum absolute atomic E-state index is 0.249. The fraction of sp³-hybridized carbons (Fsp3) is 0.533. The molecule has 24 heavy (non-hydrogen) atoms. The van der Waals surface area contributed by atoms with Crippen LogP contribution < -0.4 is 10.5 Å². The van der Waals surface area contributed by atoms with Crippen molar-refractivity contribution >= 4 is 16.5 Å². The molecular formula is C15H17F3N4OS. The van der Waals surface area contributed by atoms with E-state index in [4.69, 9.17) is 0 Å². The molecule has 0 spiro atoms. The highest BCUT2D eigenvalue weighted by atomic mass is 32.1. The van der Waals surface area contributed by atoms with Crippen LogP contribution in [-0.2, 0) is 12.7 Å². The second-order valence-electron chi connectivity index (χ2n) is 5.96. The van der Waals surface area contributed by atoms with Crippen molar-refractivity contribution in [3.05, 3.63) is 39.5 Å². The number of aromatic nitrogens is 3. The van der Waals surface area contributed by atoms with Gasteiger partial charge in [0.15, 0.2) is 10.8 Å². The van der Waals surface area contributed by atoms with Crippen molar-refractivity contribution in [1.29, 1.82) is 0 Å². The van der Waals surface area contributed by atoms with Crippen LogP contribution in [0, 0.1) is 12.8 Å². The monoisotopic (exact) mass is 358 g/mol. The summed E-state index contributed by atoms with van der Waals surface area (Å²) in [6.45, 7) is 4.02. The molecule has 0 aliphatic carbocycles. The molecule has 0 bridgehead atoms. The van der Waals surface area contributed by atoms with Gasteiger partial charge in [-0.15, -0.1) is 11.3 Å². The predicted octanol–water partition coefficient (Wildman–Crippen LogP) is 2.94. The SMILES string of the molecule is Cc1csc(N2CCC(Cn3cnc(C(F)(F)F)cc3=O)CC2)n1. The van der Waals surface area contributed by atoms with Gasteiger partial charge in [0.1, 0.15) is 0 Å². The highest BCUT2D eigenvalue weighted by molar-refractivity contribution is 7.13. The van der Waals surface area contributed by atoms with Crippen molar-refractivity contribution in [3.63, 3.8) is 0 Å². The van der Waals surface area contributed by atoms with Gasteiger partial charge in [0.25, 0.3) is 5.56 Å². The van der Waals surface area contributed by atoms with Gasteiger partial charge >= 0.3 is 6.18 Å². The van der Waals surface area contributed by atoms with Crippen molar-refractivity contribution in [2.45, 2.75) is 32.5 Å². The fourth-order valence-electron chi connectivity index (χ4n) is 2.79. The number of halogens is 3. The lowest BCUT2D eigenvalue weighted by molar-refractivity contribution is -0.141. The molecule has 3 rings (SSSR count). The molecular weight excluding hydrogens is 341 g/mol. The third-order valence-corrected chi connectivity index (χ3v) is 5.14. The van der Waals surface area contributed by atoms with E-state index in [9.17, 15) is 18.0 Å². The highest BCUT2D eigenvalue weighted by Crippen LogP contribution is 2.27. The first kappa shape index (κ1) is 16.9. The summed E-state index contributed by atoms with van der Waals surface area (Å²) in [6.07, 6.45) is -1.85. The Bertz CT molecular complexity index is 763. The number of thiazole rings is 1. The van der Waals surface area contributed by atoms with Crippen molar-refractivity contribution < 1.29 is 13.2 Å². The number of anilines is 1. The molecule has 0 atom stereocenters. The molecule has 5 nitrogen and oxygen atoms in total. The first-order valence-corrected chi connectivity index (χ1v) is 8.51. The Morgan fingerprint density at radius 1 is 1.33 bits per heavy atom. The average molecular weight is 358 g/mol. The molecule has 1 aliphatic heterocycles. The van der Waals surface area contributed by atoms with Crippen molar-refractivity contribution in [2.75, 3.05) is 18.0 Å². The summed E-state index contributed by atoms with van der Waals surface area (Å²) >= 11 is 1.61. The van der Waals surface area contributed by atoms with Crippen LogP contribution in [0.5, 0.6) is 0 Å². The van der Waals surface area contributed by atoms with E-state index >= 15 is 0 Å². The van der Waals surface area contributed by atoms with E-state index in [0.717, 1.165) is 43.1 Å². The Hall–Kier alpha value is -1.90. The summed E-state index contributed by atoms with van der Waals surface area (Å²) in [5.41, 5.74) is -0.799. The van der Waals surface area contributed by atoms with E-state index < -0.39 is 17.4 Å². The second kappa shape index (κ2) is 6.54. The van der Waals surface area contributed by atoms with Gasteiger partial charge in [0, 0.05) is 31.1 Å². The van der Waals surface area contributed by atoms with E-state index in [0.29, 0.717) is 12.6 Å². The van der Waals surface area contributed by atoms with Gasteiger partial charge in [0.2, 0.25) is 0 Å². The summed E-state index contributed by atoms with van der Waals surface area (Å²) in [6, 6.07) is 0.563. The van der Waals surface area contributed by atoms with E-state index in [2.05, 4.69) is 14.9 Å². The zero-order valence-corrected chi connectivity index (χ0v) is 13.9. The summed E-state index contributed by atoms with van der Waals surface area (Å²) in [4.78, 5) is 21.9. The number of aryl methyl sites for hydroxylation is 1. The van der Waals surface area contributed by atoms with Gasteiger partial charge in [-0.25, -0.2) is 9.97 Å². The number of nitrogens with zero attached hydrogens (tertiary/aromatic N) is 4. The first-order chi connectivity index (χ1) is 11.3. The molecule has 0 N–H and O–H groups in total. The maximum absolute atomic E-state index is 12.5. The fourth-order valence-corrected chi connectivity index (χ4v) is 3.65. The molecule has 0 radical (unpaired) electrons. The zero-order valence-electron chi connectivity index (χ0n) is 13.1. The van der Waals surface area contributed by atoms with Crippen LogP contribution in [0.25, 0.3) is 0 Å². The molecule has 1 aliphatic rings. The summed E-state index contributed by atoms with van der Waals surface area (Å²) < 4.78 is 38.9. The lowest BCUT2D eigenvalue weighted by atomic mass is 9.97. The second-order valence-corrected chi connectivity index (χ2v) is 6.80. The van der Waals surface area contributed by atoms with Gasteiger partial charge in [-0.2, -0.15) is 13.2 Å². The minimum Gasteiger partial charge on any atom is -0.348 e. The van der Waals surface area contributed by atoms with Crippen LogP contribution in [0.2, 0.25) is 0 Å². The van der Waals surface area contributed by atoms with Gasteiger partial charge in [0.05, 0.1) is 12.0 Å². The third kappa shape index (κ3) is 3.77. The zero-order chi connectivity index (χ0) is 17.3. The molecule has 0 unspecified atom stereocenters. The quantitative estimate of drug-likeness (QED) is 0.847.